The number of benzene rings is 1. The van der Waals surface area contributed by atoms with Gasteiger partial charge in [-0.25, -0.2) is 9.50 Å². The van der Waals surface area contributed by atoms with Crippen molar-refractivity contribution in [1.82, 2.24) is 24.9 Å². The number of amides is 1. The van der Waals surface area contributed by atoms with Crippen molar-refractivity contribution in [1.29, 1.82) is 0 Å². The molecular weight excluding hydrogens is 475 g/mol. The predicted molar refractivity (Wildman–Crippen MR) is 125 cm³/mol. The van der Waals surface area contributed by atoms with Crippen LogP contribution in [-0.4, -0.2) is 42.6 Å². The van der Waals surface area contributed by atoms with Gasteiger partial charge in [-0.15, -0.1) is 13.2 Å². The zero-order valence-corrected chi connectivity index (χ0v) is 20.0. The largest absolute Gasteiger partial charge is 0.573 e. The van der Waals surface area contributed by atoms with Crippen molar-refractivity contribution < 1.29 is 27.8 Å². The molecule has 36 heavy (non-hydrogen) atoms. The van der Waals surface area contributed by atoms with Gasteiger partial charge in [0.25, 0.3) is 5.91 Å². The van der Waals surface area contributed by atoms with Gasteiger partial charge in [-0.05, 0) is 63.1 Å². The molecular formula is C25H24F3N5O3. The van der Waals surface area contributed by atoms with E-state index in [0.717, 1.165) is 17.3 Å². The van der Waals surface area contributed by atoms with Crippen LogP contribution in [0.2, 0.25) is 0 Å². The fourth-order valence-corrected chi connectivity index (χ4v) is 3.78. The predicted octanol–water partition coefficient (Wildman–Crippen LogP) is 4.55. The van der Waals surface area contributed by atoms with Crippen LogP contribution < -0.4 is 10.1 Å². The number of alkyl halides is 3. The minimum absolute atomic E-state index is 0.167. The summed E-state index contributed by atoms with van der Waals surface area (Å²) in [6, 6.07) is 8.47. The van der Waals surface area contributed by atoms with E-state index < -0.39 is 23.9 Å². The maximum absolute atomic E-state index is 13.3. The number of pyridine rings is 1. The second-order valence-corrected chi connectivity index (χ2v) is 8.96. The first-order valence-electron chi connectivity index (χ1n) is 11.0. The second-order valence-electron chi connectivity index (χ2n) is 8.96. The minimum atomic E-state index is -4.83. The first-order valence-corrected chi connectivity index (χ1v) is 11.0. The number of nitrogens with zero attached hydrogens (tertiary/aromatic N) is 4. The highest BCUT2D eigenvalue weighted by molar-refractivity contribution is 6.00. The van der Waals surface area contributed by atoms with Crippen molar-refractivity contribution in [3.8, 4) is 17.0 Å². The van der Waals surface area contributed by atoms with Crippen molar-refractivity contribution >= 4 is 11.6 Å². The average molecular weight is 499 g/mol. The number of aryl methyl sites for hydroxylation is 2. The Hall–Kier alpha value is -3.99. The molecule has 2 N–H and O–H groups in total. The maximum Gasteiger partial charge on any atom is 0.573 e. The summed E-state index contributed by atoms with van der Waals surface area (Å²) in [5.74, 6) is -0.922. The molecule has 0 spiro atoms. The third-order valence-corrected chi connectivity index (χ3v) is 5.56. The lowest BCUT2D eigenvalue weighted by atomic mass is 9.90. The van der Waals surface area contributed by atoms with Gasteiger partial charge in [0, 0.05) is 23.7 Å². The Kier molecular flexibility index (Phi) is 6.44. The number of carbonyl (C=O) groups is 1. The summed E-state index contributed by atoms with van der Waals surface area (Å²) in [6.07, 6.45) is -0.116. The molecule has 8 nitrogen and oxygen atoms in total. The second kappa shape index (κ2) is 9.23. The van der Waals surface area contributed by atoms with E-state index in [1.807, 2.05) is 19.1 Å². The lowest BCUT2D eigenvalue weighted by molar-refractivity contribution is -0.274. The van der Waals surface area contributed by atoms with Gasteiger partial charge >= 0.3 is 6.36 Å². The topological polar surface area (TPSA) is 102 Å². The van der Waals surface area contributed by atoms with Crippen LogP contribution in [0.5, 0.6) is 5.75 Å². The molecule has 1 aromatic carbocycles. The van der Waals surface area contributed by atoms with Crippen LogP contribution in [0.3, 0.4) is 0 Å². The molecule has 11 heteroatoms. The molecule has 0 saturated carbocycles. The number of hydrogen-bond donors (Lipinski definition) is 2. The third-order valence-electron chi connectivity index (χ3n) is 5.56. The third kappa shape index (κ3) is 5.46. The molecule has 1 amide bonds. The van der Waals surface area contributed by atoms with Crippen LogP contribution in [0.25, 0.3) is 16.9 Å². The van der Waals surface area contributed by atoms with Gasteiger partial charge in [0.05, 0.1) is 23.5 Å². The van der Waals surface area contributed by atoms with Gasteiger partial charge in [0.2, 0.25) is 0 Å². The number of rotatable bonds is 6. The van der Waals surface area contributed by atoms with Gasteiger partial charge < -0.3 is 15.2 Å². The fourth-order valence-electron chi connectivity index (χ4n) is 3.78. The summed E-state index contributed by atoms with van der Waals surface area (Å²) in [7, 11) is 0. The van der Waals surface area contributed by atoms with Crippen LogP contribution in [0.15, 0.2) is 55.0 Å². The summed E-state index contributed by atoms with van der Waals surface area (Å²) in [4.78, 5) is 22.1. The Balaban J connectivity index is 1.65. The van der Waals surface area contributed by atoms with Gasteiger partial charge in [0.1, 0.15) is 11.3 Å². The monoisotopic (exact) mass is 499 g/mol. The molecule has 0 aliphatic heterocycles. The van der Waals surface area contributed by atoms with E-state index in [2.05, 4.69) is 25.1 Å². The maximum atomic E-state index is 13.3. The lowest BCUT2D eigenvalue weighted by Gasteiger charge is -2.31. The van der Waals surface area contributed by atoms with E-state index >= 15 is 0 Å². The molecule has 4 aromatic rings. The molecule has 0 fully saturated rings. The summed E-state index contributed by atoms with van der Waals surface area (Å²) in [5, 5.41) is 17.7. The number of nitrogens with one attached hydrogen (secondary N) is 1. The summed E-state index contributed by atoms with van der Waals surface area (Å²) >= 11 is 0. The Labute approximate surface area is 204 Å². The summed E-state index contributed by atoms with van der Waals surface area (Å²) in [5.41, 5.74) is 1.83. The highest BCUT2D eigenvalue weighted by Gasteiger charge is 2.34. The van der Waals surface area contributed by atoms with Crippen molar-refractivity contribution in [2.24, 2.45) is 0 Å². The normalized spacial score (nSPS) is 13.0. The quantitative estimate of drug-likeness (QED) is 0.404. The van der Waals surface area contributed by atoms with Crippen LogP contribution in [0.1, 0.15) is 47.1 Å². The van der Waals surface area contributed by atoms with E-state index in [1.165, 1.54) is 43.6 Å². The van der Waals surface area contributed by atoms with Gasteiger partial charge in [-0.3, -0.25) is 9.78 Å². The Morgan fingerprint density at radius 2 is 1.86 bits per heavy atom. The van der Waals surface area contributed by atoms with Crippen LogP contribution in [-0.2, 0) is 0 Å². The first-order chi connectivity index (χ1) is 16.8. The van der Waals surface area contributed by atoms with Gasteiger partial charge in [0.15, 0.2) is 5.65 Å². The Morgan fingerprint density at radius 3 is 2.47 bits per heavy atom. The zero-order valence-electron chi connectivity index (χ0n) is 20.0. The molecule has 4 rings (SSSR count). The first kappa shape index (κ1) is 25.1. The SMILES string of the molecule is Cc1ccc(-c2ccn3ncc(C(=O)NC(c4ccc(OC(F)(F)F)c(C)c4)C(C)(C)O)c3n2)cn1. The van der Waals surface area contributed by atoms with Gasteiger partial charge in [-0.1, -0.05) is 12.1 Å². The zero-order chi connectivity index (χ0) is 26.3. The molecule has 1 atom stereocenters. The molecule has 0 saturated heterocycles. The van der Waals surface area contributed by atoms with Crippen molar-refractivity contribution in [2.45, 2.75) is 45.7 Å². The Bertz CT molecular complexity index is 1410. The molecule has 3 heterocycles. The molecule has 3 aromatic heterocycles. The number of aliphatic hydroxyl groups is 1. The number of hydrogen-bond acceptors (Lipinski definition) is 6. The molecule has 1 unspecified atom stereocenters. The molecule has 0 radical (unpaired) electrons. The van der Waals surface area contributed by atoms with Crippen LogP contribution in [0, 0.1) is 13.8 Å². The smallest absolute Gasteiger partial charge is 0.406 e. The highest BCUT2D eigenvalue weighted by Crippen LogP contribution is 2.32. The standard InChI is InChI=1S/C25H24F3N5O3/c1-14-11-16(7-8-20(14)36-25(26,27)28)21(24(3,4)35)32-23(34)18-13-30-33-10-9-19(31-22(18)33)17-6-5-15(2)29-12-17/h5-13,21,35H,1-4H3,(H,32,34). The number of ether oxygens (including phenoxy) is 1. The van der Waals surface area contributed by atoms with E-state index in [4.69, 9.17) is 0 Å². The lowest BCUT2D eigenvalue weighted by Crippen LogP contribution is -2.42. The van der Waals surface area contributed by atoms with Crippen LogP contribution >= 0.6 is 0 Å². The number of aromatic nitrogens is 4. The number of carbonyl (C=O) groups excluding carboxylic acids is 1. The molecule has 0 bridgehead atoms. The molecule has 0 aliphatic rings. The average Bonchev–Trinajstić information content (AvgIpc) is 3.21. The summed E-state index contributed by atoms with van der Waals surface area (Å²) in [6.45, 7) is 6.30. The van der Waals surface area contributed by atoms with Crippen molar-refractivity contribution in [3.63, 3.8) is 0 Å². The van der Waals surface area contributed by atoms with Crippen molar-refractivity contribution in [3.05, 3.63) is 77.4 Å². The van der Waals surface area contributed by atoms with Crippen LogP contribution in [0.4, 0.5) is 13.2 Å². The summed E-state index contributed by atoms with van der Waals surface area (Å²) < 4.78 is 43.4. The van der Waals surface area contributed by atoms with Gasteiger partial charge in [-0.2, -0.15) is 5.10 Å². The number of fused-ring (bicyclic) bond motifs is 1. The van der Waals surface area contributed by atoms with E-state index in [1.54, 1.807) is 18.5 Å². The van der Waals surface area contributed by atoms with Crippen molar-refractivity contribution in [2.75, 3.05) is 0 Å². The van der Waals surface area contributed by atoms with E-state index in [9.17, 15) is 23.1 Å². The number of halogens is 3. The molecule has 0 aliphatic carbocycles. The van der Waals surface area contributed by atoms with E-state index in [-0.39, 0.29) is 16.9 Å². The minimum Gasteiger partial charge on any atom is -0.406 e. The molecule has 188 valence electrons. The highest BCUT2D eigenvalue weighted by atomic mass is 19.4. The fraction of sp³-hybridized carbons (Fsp3) is 0.280. The van der Waals surface area contributed by atoms with E-state index in [0.29, 0.717) is 16.9 Å². The Morgan fingerprint density at radius 1 is 1.11 bits per heavy atom.